The molecule has 37 heavy (non-hydrogen) atoms. The van der Waals surface area contributed by atoms with E-state index in [0.29, 0.717) is 12.2 Å². The Kier molecular flexibility index (Phi) is 6.65. The Hall–Kier alpha value is -3.12. The van der Waals surface area contributed by atoms with E-state index in [9.17, 15) is 21.6 Å². The Morgan fingerprint density at radius 1 is 1.11 bits per heavy atom. The van der Waals surface area contributed by atoms with Gasteiger partial charge < -0.3 is 18.7 Å². The summed E-state index contributed by atoms with van der Waals surface area (Å²) in [6.07, 6.45) is 2.11. The van der Waals surface area contributed by atoms with Crippen LogP contribution in [0.4, 0.5) is 18.9 Å². The molecule has 12 heteroatoms. The number of alkyl halides is 3. The number of fused-ring (bicyclic) bond motifs is 2. The summed E-state index contributed by atoms with van der Waals surface area (Å²) in [5.41, 5.74) is -2.94. The molecular weight excluding hydrogens is 509 g/mol. The van der Waals surface area contributed by atoms with Gasteiger partial charge in [-0.15, -0.1) is 0 Å². The standard InChI is InChI=1S/C25H27F3N4O4S/c1-16-6-3-7-17-8-4-10-21(22(16)17)32-13-11-19-20(14-32)29-24(35-15-18-9-5-12-31(18)2)30-23(19)36-37(33,34)25(26,27)28/h3-4,6-8,10,18H,5,9,11-15H2,1-2H3/t18-/m0/s1. The zero-order valence-corrected chi connectivity index (χ0v) is 21.3. The van der Waals surface area contributed by atoms with Crippen molar-refractivity contribution in [3.63, 3.8) is 0 Å². The molecule has 3 heterocycles. The lowest BCUT2D eigenvalue weighted by Gasteiger charge is -2.32. The first-order chi connectivity index (χ1) is 17.5. The molecule has 1 fully saturated rings. The largest absolute Gasteiger partial charge is 0.534 e. The molecule has 2 aliphatic rings. The topological polar surface area (TPSA) is 84.9 Å². The summed E-state index contributed by atoms with van der Waals surface area (Å²) in [6.45, 7) is 3.81. The Balaban J connectivity index is 1.51. The van der Waals surface area contributed by atoms with Crippen LogP contribution in [0.5, 0.6) is 11.9 Å². The first-order valence-corrected chi connectivity index (χ1v) is 13.4. The number of aromatic nitrogens is 2. The molecule has 1 atom stereocenters. The third-order valence-corrected chi connectivity index (χ3v) is 7.93. The van der Waals surface area contributed by atoms with Gasteiger partial charge in [0.15, 0.2) is 0 Å². The number of rotatable bonds is 6. The minimum Gasteiger partial charge on any atom is -0.462 e. The monoisotopic (exact) mass is 536 g/mol. The van der Waals surface area contributed by atoms with Gasteiger partial charge in [-0.05, 0) is 56.8 Å². The van der Waals surface area contributed by atoms with Crippen molar-refractivity contribution >= 4 is 26.6 Å². The minimum absolute atomic E-state index is 0.109. The maximum Gasteiger partial charge on any atom is 0.534 e. The minimum atomic E-state index is -5.91. The maximum atomic E-state index is 13.1. The number of nitrogens with zero attached hydrogens (tertiary/aromatic N) is 4. The fraction of sp³-hybridized carbons (Fsp3) is 0.440. The average Bonchev–Trinajstić information content (AvgIpc) is 3.26. The molecule has 198 valence electrons. The number of hydrogen-bond acceptors (Lipinski definition) is 8. The zero-order valence-electron chi connectivity index (χ0n) is 20.5. The van der Waals surface area contributed by atoms with Crippen molar-refractivity contribution in [2.45, 2.75) is 44.3 Å². The van der Waals surface area contributed by atoms with Crippen LogP contribution in [0.15, 0.2) is 36.4 Å². The van der Waals surface area contributed by atoms with E-state index in [-0.39, 0.29) is 37.2 Å². The second kappa shape index (κ2) is 9.64. The van der Waals surface area contributed by atoms with E-state index in [0.717, 1.165) is 41.4 Å². The smallest absolute Gasteiger partial charge is 0.462 e. The third kappa shape index (κ3) is 5.04. The summed E-state index contributed by atoms with van der Waals surface area (Å²) in [7, 11) is -3.95. The molecule has 2 aliphatic heterocycles. The molecule has 0 radical (unpaired) electrons. The molecule has 0 amide bonds. The van der Waals surface area contributed by atoms with Gasteiger partial charge in [-0.3, -0.25) is 0 Å². The first kappa shape index (κ1) is 25.5. The van der Waals surface area contributed by atoms with Gasteiger partial charge in [-0.2, -0.15) is 31.6 Å². The summed E-state index contributed by atoms with van der Waals surface area (Å²) in [6, 6.07) is 11.9. The predicted molar refractivity (Wildman–Crippen MR) is 132 cm³/mol. The van der Waals surface area contributed by atoms with Gasteiger partial charge >= 0.3 is 21.6 Å². The zero-order chi connectivity index (χ0) is 26.4. The molecule has 2 aromatic carbocycles. The molecule has 0 unspecified atom stereocenters. The Bertz CT molecular complexity index is 1430. The van der Waals surface area contributed by atoms with Gasteiger partial charge in [0.2, 0.25) is 5.88 Å². The van der Waals surface area contributed by atoms with Crippen molar-refractivity contribution in [2.24, 2.45) is 0 Å². The fourth-order valence-corrected chi connectivity index (χ4v) is 5.43. The number of anilines is 1. The molecule has 5 rings (SSSR count). The maximum absolute atomic E-state index is 13.1. The summed E-state index contributed by atoms with van der Waals surface area (Å²) >= 11 is 0. The number of hydrogen-bond donors (Lipinski definition) is 0. The lowest BCUT2D eigenvalue weighted by Crippen LogP contribution is -2.34. The fourth-order valence-electron chi connectivity index (χ4n) is 4.99. The number of likely N-dealkylation sites (tertiary alicyclic amines) is 1. The van der Waals surface area contributed by atoms with Crippen LogP contribution >= 0.6 is 0 Å². The molecule has 0 saturated carbocycles. The number of halogens is 3. The summed E-state index contributed by atoms with van der Waals surface area (Å²) in [4.78, 5) is 12.6. The van der Waals surface area contributed by atoms with Gasteiger partial charge in [0, 0.05) is 29.2 Å². The molecular formula is C25H27F3N4O4S. The van der Waals surface area contributed by atoms with Crippen LogP contribution in [0, 0.1) is 6.92 Å². The van der Waals surface area contributed by atoms with Crippen molar-refractivity contribution in [3.05, 3.63) is 53.2 Å². The molecule has 0 spiro atoms. The van der Waals surface area contributed by atoms with E-state index in [4.69, 9.17) is 4.74 Å². The van der Waals surface area contributed by atoms with Crippen LogP contribution in [-0.2, 0) is 23.1 Å². The second-order valence-corrected chi connectivity index (χ2v) is 11.0. The Morgan fingerprint density at radius 3 is 2.57 bits per heavy atom. The number of benzene rings is 2. The highest BCUT2D eigenvalue weighted by Gasteiger charge is 2.49. The van der Waals surface area contributed by atoms with Crippen molar-refractivity contribution in [1.29, 1.82) is 0 Å². The lowest BCUT2D eigenvalue weighted by atomic mass is 10.0. The van der Waals surface area contributed by atoms with E-state index >= 15 is 0 Å². The molecule has 0 aliphatic carbocycles. The number of likely N-dealkylation sites (N-methyl/N-ethyl adjacent to an activating group) is 1. The summed E-state index contributed by atoms with van der Waals surface area (Å²) < 4.78 is 73.3. The summed E-state index contributed by atoms with van der Waals surface area (Å²) in [5, 5.41) is 2.13. The van der Waals surface area contributed by atoms with Gasteiger partial charge in [0.1, 0.15) is 6.61 Å². The number of ether oxygens (including phenoxy) is 1. The van der Waals surface area contributed by atoms with E-state index < -0.39 is 21.5 Å². The predicted octanol–water partition coefficient (Wildman–Crippen LogP) is 4.20. The van der Waals surface area contributed by atoms with Gasteiger partial charge in [-0.25, -0.2) is 0 Å². The molecule has 3 aromatic rings. The highest BCUT2D eigenvalue weighted by molar-refractivity contribution is 7.87. The van der Waals surface area contributed by atoms with E-state index in [1.165, 1.54) is 0 Å². The van der Waals surface area contributed by atoms with Gasteiger partial charge in [-0.1, -0.05) is 30.3 Å². The Labute approximate surface area is 213 Å². The van der Waals surface area contributed by atoms with Gasteiger partial charge in [0.25, 0.3) is 0 Å². The van der Waals surface area contributed by atoms with E-state index in [1.807, 2.05) is 50.4 Å². The molecule has 8 nitrogen and oxygen atoms in total. The quantitative estimate of drug-likeness (QED) is 0.342. The van der Waals surface area contributed by atoms with Crippen molar-refractivity contribution in [3.8, 4) is 11.9 Å². The lowest BCUT2D eigenvalue weighted by molar-refractivity contribution is -0.0502. The van der Waals surface area contributed by atoms with E-state index in [2.05, 4.69) is 24.0 Å². The van der Waals surface area contributed by atoms with Crippen molar-refractivity contribution in [2.75, 3.05) is 31.6 Å². The second-order valence-electron chi connectivity index (χ2n) is 9.43. The van der Waals surface area contributed by atoms with Crippen LogP contribution in [0.3, 0.4) is 0 Å². The van der Waals surface area contributed by atoms with Crippen molar-refractivity contribution in [1.82, 2.24) is 14.9 Å². The van der Waals surface area contributed by atoms with Crippen LogP contribution in [0.25, 0.3) is 10.8 Å². The summed E-state index contributed by atoms with van der Waals surface area (Å²) in [5.74, 6) is -0.633. The Morgan fingerprint density at radius 2 is 1.86 bits per heavy atom. The molecule has 1 saturated heterocycles. The highest BCUT2D eigenvalue weighted by atomic mass is 32.2. The molecule has 0 bridgehead atoms. The van der Waals surface area contributed by atoms with Crippen LogP contribution < -0.4 is 13.8 Å². The van der Waals surface area contributed by atoms with E-state index in [1.54, 1.807) is 0 Å². The third-order valence-electron chi connectivity index (χ3n) is 6.99. The average molecular weight is 537 g/mol. The highest BCUT2D eigenvalue weighted by Crippen LogP contribution is 2.36. The van der Waals surface area contributed by atoms with Crippen LogP contribution in [0.2, 0.25) is 0 Å². The molecule has 0 N–H and O–H groups in total. The number of aryl methyl sites for hydroxylation is 1. The van der Waals surface area contributed by atoms with Gasteiger partial charge in [0.05, 0.1) is 12.2 Å². The molecule has 1 aromatic heterocycles. The SMILES string of the molecule is Cc1cccc2cccc(N3CCc4c(nc(OC[C@@H]5CCCN5C)nc4OS(=O)(=O)C(F)(F)F)C3)c12. The van der Waals surface area contributed by atoms with Crippen LogP contribution in [-0.4, -0.2) is 61.6 Å². The normalized spacial score (nSPS) is 18.7. The van der Waals surface area contributed by atoms with Crippen LogP contribution in [0.1, 0.15) is 29.7 Å². The first-order valence-electron chi connectivity index (χ1n) is 12.0. The van der Waals surface area contributed by atoms with Crippen molar-refractivity contribution < 1.29 is 30.5 Å².